The molecule has 82 valence electrons. The van der Waals surface area contributed by atoms with Crippen LogP contribution in [-0.4, -0.2) is 16.1 Å². The third-order valence-electron chi connectivity index (χ3n) is 3.16. The van der Waals surface area contributed by atoms with Gasteiger partial charge < -0.3 is 5.11 Å². The topological polar surface area (TPSA) is 20.2 Å². The first-order valence-electron chi connectivity index (χ1n) is 5.61. The molecule has 1 aliphatic heterocycles. The summed E-state index contributed by atoms with van der Waals surface area (Å²) < 4.78 is 0. The Morgan fingerprint density at radius 3 is 2.60 bits per heavy atom. The molecule has 1 aliphatic rings. The number of aliphatic hydroxyl groups is 1. The zero-order chi connectivity index (χ0) is 10.7. The van der Waals surface area contributed by atoms with Crippen molar-refractivity contribution in [1.82, 2.24) is 0 Å². The third kappa shape index (κ3) is 2.37. The van der Waals surface area contributed by atoms with Crippen LogP contribution in [0.25, 0.3) is 0 Å². The van der Waals surface area contributed by atoms with Crippen LogP contribution < -0.4 is 0 Å². The molecule has 0 bridgehead atoms. The minimum atomic E-state index is -0.674. The highest BCUT2D eigenvalue weighted by Crippen LogP contribution is 2.38. The van der Waals surface area contributed by atoms with Gasteiger partial charge >= 0.3 is 0 Å². The van der Waals surface area contributed by atoms with Crippen LogP contribution in [0.15, 0.2) is 30.3 Å². The first kappa shape index (κ1) is 11.0. The van der Waals surface area contributed by atoms with Crippen LogP contribution in [0, 0.1) is 0 Å². The second-order valence-electron chi connectivity index (χ2n) is 4.37. The van der Waals surface area contributed by atoms with E-state index in [1.54, 1.807) is 0 Å². The van der Waals surface area contributed by atoms with Crippen molar-refractivity contribution in [2.75, 3.05) is 5.75 Å². The molecule has 2 unspecified atom stereocenters. The summed E-state index contributed by atoms with van der Waals surface area (Å²) in [5.74, 6) is 1.19. The molecule has 1 heterocycles. The lowest BCUT2D eigenvalue weighted by Gasteiger charge is -2.35. The number of hydrogen-bond donors (Lipinski definition) is 1. The van der Waals surface area contributed by atoms with Crippen LogP contribution >= 0.6 is 11.8 Å². The van der Waals surface area contributed by atoms with Gasteiger partial charge in [0.15, 0.2) is 0 Å². The molecule has 1 nitrogen and oxygen atoms in total. The summed E-state index contributed by atoms with van der Waals surface area (Å²) in [6.07, 6.45) is 3.68. The Balaban J connectivity index is 2.18. The molecule has 1 fully saturated rings. The van der Waals surface area contributed by atoms with Crippen LogP contribution in [0.1, 0.15) is 31.7 Å². The minimum absolute atomic E-state index is 0.355. The van der Waals surface area contributed by atoms with Crippen molar-refractivity contribution in [3.05, 3.63) is 35.9 Å². The SMILES string of the molecule is CC(O)(c1ccccc1)C1CCCCS1. The molecule has 1 saturated heterocycles. The molecule has 0 aromatic heterocycles. The van der Waals surface area contributed by atoms with Crippen LogP contribution in [0.5, 0.6) is 0 Å². The molecule has 15 heavy (non-hydrogen) atoms. The Labute approximate surface area is 95.9 Å². The quantitative estimate of drug-likeness (QED) is 0.829. The molecule has 0 saturated carbocycles. The standard InChI is InChI=1S/C13H18OS/c1-13(14,11-7-3-2-4-8-11)12-9-5-6-10-15-12/h2-4,7-8,12,14H,5-6,9-10H2,1H3. The van der Waals surface area contributed by atoms with E-state index in [-0.39, 0.29) is 0 Å². The van der Waals surface area contributed by atoms with E-state index >= 15 is 0 Å². The van der Waals surface area contributed by atoms with Gasteiger partial charge in [-0.3, -0.25) is 0 Å². The van der Waals surface area contributed by atoms with E-state index in [1.165, 1.54) is 18.6 Å². The Morgan fingerprint density at radius 2 is 2.00 bits per heavy atom. The monoisotopic (exact) mass is 222 g/mol. The molecule has 0 amide bonds. The fourth-order valence-corrected chi connectivity index (χ4v) is 3.59. The van der Waals surface area contributed by atoms with Gasteiger partial charge in [0, 0.05) is 5.25 Å². The second kappa shape index (κ2) is 4.58. The highest BCUT2D eigenvalue weighted by atomic mass is 32.2. The van der Waals surface area contributed by atoms with Gasteiger partial charge in [-0.05, 0) is 31.1 Å². The fourth-order valence-electron chi connectivity index (χ4n) is 2.15. The molecule has 1 aromatic rings. The van der Waals surface area contributed by atoms with Crippen molar-refractivity contribution in [3.8, 4) is 0 Å². The molecular formula is C13H18OS. The zero-order valence-electron chi connectivity index (χ0n) is 9.15. The molecule has 0 radical (unpaired) electrons. The number of benzene rings is 1. The molecule has 0 aliphatic carbocycles. The highest BCUT2D eigenvalue weighted by Gasteiger charge is 2.34. The molecule has 2 rings (SSSR count). The van der Waals surface area contributed by atoms with E-state index in [2.05, 4.69) is 0 Å². The Bertz CT molecular complexity index is 302. The molecule has 0 spiro atoms. The lowest BCUT2D eigenvalue weighted by atomic mass is 9.89. The number of thioether (sulfide) groups is 1. The van der Waals surface area contributed by atoms with Gasteiger partial charge in [-0.25, -0.2) is 0 Å². The lowest BCUT2D eigenvalue weighted by molar-refractivity contribution is 0.0507. The van der Waals surface area contributed by atoms with Crippen LogP contribution in [0.3, 0.4) is 0 Å². The Hall–Kier alpha value is -0.470. The van der Waals surface area contributed by atoms with E-state index in [9.17, 15) is 5.11 Å². The first-order valence-corrected chi connectivity index (χ1v) is 6.65. The largest absolute Gasteiger partial charge is 0.384 e. The van der Waals surface area contributed by atoms with Crippen molar-refractivity contribution in [2.24, 2.45) is 0 Å². The van der Waals surface area contributed by atoms with E-state index < -0.39 is 5.60 Å². The third-order valence-corrected chi connectivity index (χ3v) is 4.79. The van der Waals surface area contributed by atoms with Crippen molar-refractivity contribution in [3.63, 3.8) is 0 Å². The zero-order valence-corrected chi connectivity index (χ0v) is 9.96. The van der Waals surface area contributed by atoms with Crippen molar-refractivity contribution in [2.45, 2.75) is 37.0 Å². The normalized spacial score (nSPS) is 25.9. The minimum Gasteiger partial charge on any atom is -0.384 e. The van der Waals surface area contributed by atoms with Crippen LogP contribution in [-0.2, 0) is 5.60 Å². The van der Waals surface area contributed by atoms with Crippen LogP contribution in [0.2, 0.25) is 0 Å². The van der Waals surface area contributed by atoms with Crippen LogP contribution in [0.4, 0.5) is 0 Å². The first-order chi connectivity index (χ1) is 7.21. The van der Waals surface area contributed by atoms with Gasteiger partial charge in [-0.1, -0.05) is 36.8 Å². The van der Waals surface area contributed by atoms with E-state index in [1.807, 2.05) is 49.0 Å². The summed E-state index contributed by atoms with van der Waals surface area (Å²) in [7, 11) is 0. The smallest absolute Gasteiger partial charge is 0.0986 e. The maximum absolute atomic E-state index is 10.6. The Kier molecular flexibility index (Phi) is 3.37. The van der Waals surface area contributed by atoms with Gasteiger partial charge in [0.1, 0.15) is 0 Å². The Morgan fingerprint density at radius 1 is 1.27 bits per heavy atom. The van der Waals surface area contributed by atoms with Gasteiger partial charge in [-0.15, -0.1) is 0 Å². The van der Waals surface area contributed by atoms with Gasteiger partial charge in [-0.2, -0.15) is 11.8 Å². The maximum Gasteiger partial charge on any atom is 0.0986 e. The van der Waals surface area contributed by atoms with Gasteiger partial charge in [0.05, 0.1) is 5.60 Å². The van der Waals surface area contributed by atoms with E-state index in [0.29, 0.717) is 5.25 Å². The molecule has 2 atom stereocenters. The molecular weight excluding hydrogens is 204 g/mol. The maximum atomic E-state index is 10.6. The predicted molar refractivity (Wildman–Crippen MR) is 66.1 cm³/mol. The average Bonchev–Trinajstić information content (AvgIpc) is 2.31. The van der Waals surface area contributed by atoms with Gasteiger partial charge in [0.25, 0.3) is 0 Å². The molecule has 1 aromatic carbocycles. The van der Waals surface area contributed by atoms with E-state index in [4.69, 9.17) is 0 Å². The summed E-state index contributed by atoms with van der Waals surface area (Å²) in [4.78, 5) is 0. The van der Waals surface area contributed by atoms with Crippen molar-refractivity contribution >= 4 is 11.8 Å². The average molecular weight is 222 g/mol. The molecule has 2 heteroatoms. The summed E-state index contributed by atoms with van der Waals surface area (Å²) in [6, 6.07) is 10.0. The number of rotatable bonds is 2. The fraction of sp³-hybridized carbons (Fsp3) is 0.538. The summed E-state index contributed by atoms with van der Waals surface area (Å²) in [5, 5.41) is 10.9. The number of hydrogen-bond acceptors (Lipinski definition) is 2. The van der Waals surface area contributed by atoms with Crippen molar-refractivity contribution in [1.29, 1.82) is 0 Å². The van der Waals surface area contributed by atoms with Gasteiger partial charge in [0.2, 0.25) is 0 Å². The van der Waals surface area contributed by atoms with E-state index in [0.717, 1.165) is 12.0 Å². The summed E-state index contributed by atoms with van der Waals surface area (Å²) >= 11 is 1.91. The molecule has 1 N–H and O–H groups in total. The highest BCUT2D eigenvalue weighted by molar-refractivity contribution is 8.00. The predicted octanol–water partition coefficient (Wildman–Crippen LogP) is 3.18. The summed E-state index contributed by atoms with van der Waals surface area (Å²) in [6.45, 7) is 1.95. The second-order valence-corrected chi connectivity index (χ2v) is 5.68. The lowest BCUT2D eigenvalue weighted by Crippen LogP contribution is -2.35. The van der Waals surface area contributed by atoms with Crippen molar-refractivity contribution < 1.29 is 5.11 Å². The summed E-state index contributed by atoms with van der Waals surface area (Å²) in [5.41, 5.74) is 0.371.